The molecular formula is C13H24N4O. The summed E-state index contributed by atoms with van der Waals surface area (Å²) in [5, 5.41) is 3.40. The normalized spacial score (nSPS) is 11.6. The fourth-order valence-corrected chi connectivity index (χ4v) is 1.49. The molecule has 0 saturated carbocycles. The molecule has 1 rings (SSSR count). The second-order valence-electron chi connectivity index (χ2n) is 5.68. The van der Waals surface area contributed by atoms with Crippen LogP contribution in [0.2, 0.25) is 0 Å². The molecule has 102 valence electrons. The van der Waals surface area contributed by atoms with Crippen molar-refractivity contribution in [2.24, 2.45) is 0 Å². The molecule has 1 heterocycles. The quantitative estimate of drug-likeness (QED) is 0.858. The van der Waals surface area contributed by atoms with Crippen molar-refractivity contribution < 1.29 is 4.79 Å². The minimum atomic E-state index is 0.0657. The van der Waals surface area contributed by atoms with Crippen molar-refractivity contribution in [3.05, 3.63) is 18.2 Å². The third-order valence-electron chi connectivity index (χ3n) is 2.64. The summed E-state index contributed by atoms with van der Waals surface area (Å²) < 4.78 is 2.03. The maximum atomic E-state index is 11.5. The van der Waals surface area contributed by atoms with Gasteiger partial charge >= 0.3 is 0 Å². The number of aromatic nitrogens is 2. The highest BCUT2D eigenvalue weighted by Gasteiger charge is 2.11. The zero-order valence-corrected chi connectivity index (χ0v) is 12.0. The molecule has 0 aliphatic carbocycles. The van der Waals surface area contributed by atoms with E-state index in [9.17, 15) is 4.79 Å². The SMILES string of the molecule is CN(C)C(=O)CCn1ccnc1CNC(C)(C)C. The molecule has 0 radical (unpaired) electrons. The Morgan fingerprint density at radius 2 is 2.11 bits per heavy atom. The van der Waals surface area contributed by atoms with E-state index in [1.165, 1.54) is 0 Å². The first-order chi connectivity index (χ1) is 8.29. The van der Waals surface area contributed by atoms with Crippen LogP contribution in [0.5, 0.6) is 0 Å². The lowest BCUT2D eigenvalue weighted by molar-refractivity contribution is -0.128. The number of carbonyl (C=O) groups is 1. The van der Waals surface area contributed by atoms with Crippen molar-refractivity contribution in [2.45, 2.75) is 45.8 Å². The lowest BCUT2D eigenvalue weighted by Gasteiger charge is -2.20. The Morgan fingerprint density at radius 1 is 1.44 bits per heavy atom. The molecule has 0 unspecified atom stereocenters. The van der Waals surface area contributed by atoms with E-state index in [0.717, 1.165) is 5.82 Å². The number of aryl methyl sites for hydroxylation is 1. The molecule has 1 N–H and O–H groups in total. The van der Waals surface area contributed by atoms with E-state index in [-0.39, 0.29) is 11.4 Å². The van der Waals surface area contributed by atoms with Crippen LogP contribution in [-0.4, -0.2) is 40.0 Å². The molecule has 0 aliphatic heterocycles. The zero-order chi connectivity index (χ0) is 13.8. The Kier molecular flexibility index (Phi) is 4.90. The number of nitrogens with one attached hydrogen (secondary N) is 1. The van der Waals surface area contributed by atoms with E-state index in [0.29, 0.717) is 19.5 Å². The molecule has 5 heteroatoms. The lowest BCUT2D eigenvalue weighted by atomic mass is 10.1. The minimum Gasteiger partial charge on any atom is -0.349 e. The smallest absolute Gasteiger partial charge is 0.223 e. The highest BCUT2D eigenvalue weighted by Crippen LogP contribution is 2.04. The molecule has 0 spiro atoms. The number of hydrogen-bond acceptors (Lipinski definition) is 3. The fraction of sp³-hybridized carbons (Fsp3) is 0.692. The first-order valence-electron chi connectivity index (χ1n) is 6.25. The number of amides is 1. The van der Waals surface area contributed by atoms with Gasteiger partial charge in [-0.2, -0.15) is 0 Å². The van der Waals surface area contributed by atoms with Gasteiger partial charge in [0.25, 0.3) is 0 Å². The number of nitrogens with zero attached hydrogens (tertiary/aromatic N) is 3. The van der Waals surface area contributed by atoms with Crippen LogP contribution in [0.3, 0.4) is 0 Å². The van der Waals surface area contributed by atoms with Crippen molar-refractivity contribution >= 4 is 5.91 Å². The number of rotatable bonds is 5. The van der Waals surface area contributed by atoms with Crippen LogP contribution in [0.1, 0.15) is 33.0 Å². The molecule has 0 saturated heterocycles. The molecule has 0 aromatic carbocycles. The summed E-state index contributed by atoms with van der Waals surface area (Å²) in [6, 6.07) is 0. The van der Waals surface area contributed by atoms with E-state index in [1.807, 2.05) is 10.8 Å². The van der Waals surface area contributed by atoms with Crippen LogP contribution in [0.4, 0.5) is 0 Å². The lowest BCUT2D eigenvalue weighted by Crippen LogP contribution is -2.36. The highest BCUT2D eigenvalue weighted by molar-refractivity contribution is 5.75. The Bertz CT molecular complexity index is 390. The van der Waals surface area contributed by atoms with E-state index < -0.39 is 0 Å². The second-order valence-corrected chi connectivity index (χ2v) is 5.68. The van der Waals surface area contributed by atoms with Crippen LogP contribution >= 0.6 is 0 Å². The van der Waals surface area contributed by atoms with E-state index in [2.05, 4.69) is 31.1 Å². The van der Waals surface area contributed by atoms with Crippen molar-refractivity contribution in [1.82, 2.24) is 19.8 Å². The van der Waals surface area contributed by atoms with Gasteiger partial charge in [-0.05, 0) is 20.8 Å². The third-order valence-corrected chi connectivity index (χ3v) is 2.64. The van der Waals surface area contributed by atoms with Crippen molar-refractivity contribution in [1.29, 1.82) is 0 Å². The second kappa shape index (κ2) is 6.00. The average molecular weight is 252 g/mol. The van der Waals surface area contributed by atoms with Crippen molar-refractivity contribution in [3.63, 3.8) is 0 Å². The van der Waals surface area contributed by atoms with Crippen molar-refractivity contribution in [2.75, 3.05) is 14.1 Å². The summed E-state index contributed by atoms with van der Waals surface area (Å²) in [5.74, 6) is 1.11. The molecule has 0 bridgehead atoms. The molecule has 18 heavy (non-hydrogen) atoms. The molecule has 0 atom stereocenters. The average Bonchev–Trinajstić information content (AvgIpc) is 2.69. The van der Waals surface area contributed by atoms with Gasteiger partial charge in [0.1, 0.15) is 5.82 Å². The Hall–Kier alpha value is -1.36. The Labute approximate surface area is 109 Å². The zero-order valence-electron chi connectivity index (χ0n) is 12.0. The Morgan fingerprint density at radius 3 is 2.67 bits per heavy atom. The van der Waals surface area contributed by atoms with Crippen LogP contribution in [0.15, 0.2) is 12.4 Å². The molecule has 0 fully saturated rings. The summed E-state index contributed by atoms with van der Waals surface area (Å²) in [4.78, 5) is 17.5. The van der Waals surface area contributed by atoms with Crippen LogP contribution in [0.25, 0.3) is 0 Å². The van der Waals surface area contributed by atoms with Crippen LogP contribution in [-0.2, 0) is 17.9 Å². The first-order valence-corrected chi connectivity index (χ1v) is 6.25. The highest BCUT2D eigenvalue weighted by atomic mass is 16.2. The van der Waals surface area contributed by atoms with Gasteiger partial charge in [-0.25, -0.2) is 4.98 Å². The summed E-state index contributed by atoms with van der Waals surface area (Å²) in [5.41, 5.74) is 0.0657. The van der Waals surface area contributed by atoms with Gasteiger partial charge in [-0.3, -0.25) is 4.79 Å². The largest absolute Gasteiger partial charge is 0.349 e. The number of imidazole rings is 1. The Balaban J connectivity index is 2.52. The van der Waals surface area contributed by atoms with Gasteiger partial charge < -0.3 is 14.8 Å². The minimum absolute atomic E-state index is 0.0657. The van der Waals surface area contributed by atoms with Gasteiger partial charge in [-0.15, -0.1) is 0 Å². The maximum Gasteiger partial charge on any atom is 0.223 e. The van der Waals surface area contributed by atoms with Crippen LogP contribution in [0, 0.1) is 0 Å². The predicted octanol–water partition coefficient (Wildman–Crippen LogP) is 1.25. The number of hydrogen-bond donors (Lipinski definition) is 1. The van der Waals surface area contributed by atoms with Gasteiger partial charge in [0.05, 0.1) is 6.54 Å². The van der Waals surface area contributed by atoms with Gasteiger partial charge in [0.2, 0.25) is 5.91 Å². The van der Waals surface area contributed by atoms with Crippen LogP contribution < -0.4 is 5.32 Å². The van der Waals surface area contributed by atoms with Gasteiger partial charge in [0, 0.05) is 45.0 Å². The summed E-state index contributed by atoms with van der Waals surface area (Å²) >= 11 is 0. The topological polar surface area (TPSA) is 50.2 Å². The molecule has 1 amide bonds. The third kappa shape index (κ3) is 4.87. The van der Waals surface area contributed by atoms with Gasteiger partial charge in [0.15, 0.2) is 0 Å². The molecular weight excluding hydrogens is 228 g/mol. The fourth-order valence-electron chi connectivity index (χ4n) is 1.49. The van der Waals surface area contributed by atoms with E-state index >= 15 is 0 Å². The molecule has 0 aliphatic rings. The monoisotopic (exact) mass is 252 g/mol. The maximum absolute atomic E-state index is 11.5. The summed E-state index contributed by atoms with van der Waals surface area (Å²) in [6.45, 7) is 7.76. The number of carbonyl (C=O) groups excluding carboxylic acids is 1. The van der Waals surface area contributed by atoms with Gasteiger partial charge in [-0.1, -0.05) is 0 Å². The van der Waals surface area contributed by atoms with E-state index in [4.69, 9.17) is 0 Å². The van der Waals surface area contributed by atoms with Crippen molar-refractivity contribution in [3.8, 4) is 0 Å². The molecule has 1 aromatic heterocycles. The predicted molar refractivity (Wildman–Crippen MR) is 72.1 cm³/mol. The summed E-state index contributed by atoms with van der Waals surface area (Å²) in [7, 11) is 3.55. The standard InChI is InChI=1S/C13H24N4O/c1-13(2,3)15-10-11-14-7-9-17(11)8-6-12(18)16(4)5/h7,9,15H,6,8,10H2,1-5H3. The van der Waals surface area contributed by atoms with E-state index in [1.54, 1.807) is 25.2 Å². The molecule has 1 aromatic rings. The summed E-state index contributed by atoms with van der Waals surface area (Å²) in [6.07, 6.45) is 4.20. The first kappa shape index (κ1) is 14.7. The molecule has 5 nitrogen and oxygen atoms in total.